The highest BCUT2D eigenvalue weighted by Gasteiger charge is 2.63. The molecular formula is C17H18N6O5. The Balaban J connectivity index is 1.96. The maximum Gasteiger partial charge on any atom is 0.288 e. The summed E-state index contributed by atoms with van der Waals surface area (Å²) in [6.45, 7) is -0.578. The van der Waals surface area contributed by atoms with Gasteiger partial charge >= 0.3 is 0 Å². The molecule has 11 heteroatoms. The van der Waals surface area contributed by atoms with Crippen LogP contribution in [-0.4, -0.2) is 59.5 Å². The van der Waals surface area contributed by atoms with E-state index in [0.717, 1.165) is 5.56 Å². The van der Waals surface area contributed by atoms with E-state index in [0.29, 0.717) is 0 Å². The van der Waals surface area contributed by atoms with Gasteiger partial charge in [0.2, 0.25) is 5.72 Å². The molecule has 1 aliphatic rings. The molecule has 1 saturated heterocycles. The molecule has 146 valence electrons. The second-order valence-corrected chi connectivity index (χ2v) is 6.61. The zero-order valence-corrected chi connectivity index (χ0v) is 14.6. The van der Waals surface area contributed by atoms with Gasteiger partial charge in [0.05, 0.1) is 12.9 Å². The minimum absolute atomic E-state index is 0.0441. The fourth-order valence-corrected chi connectivity index (χ4v) is 3.76. The summed E-state index contributed by atoms with van der Waals surface area (Å²) in [7, 11) is 0. The average molecular weight is 386 g/mol. The lowest BCUT2D eigenvalue weighted by Gasteiger charge is -2.31. The number of benzene rings is 1. The van der Waals surface area contributed by atoms with Crippen molar-refractivity contribution in [2.45, 2.75) is 30.4 Å². The largest absolute Gasteiger partial charge is 0.394 e. The lowest BCUT2D eigenvalue weighted by molar-refractivity contribution is -0.553. The third kappa shape index (κ3) is 2.68. The number of aliphatic hydroxyl groups is 2. The van der Waals surface area contributed by atoms with Crippen LogP contribution >= 0.6 is 0 Å². The lowest BCUT2D eigenvalue weighted by atomic mass is 9.93. The molecule has 1 aliphatic heterocycles. The predicted molar refractivity (Wildman–Crippen MR) is 96.6 cm³/mol. The van der Waals surface area contributed by atoms with Crippen LogP contribution in [0.15, 0.2) is 43.0 Å². The molecule has 0 radical (unpaired) electrons. The van der Waals surface area contributed by atoms with Crippen LogP contribution in [0.4, 0.5) is 5.82 Å². The molecule has 1 aromatic carbocycles. The molecule has 3 aromatic rings. The number of anilines is 1. The van der Waals surface area contributed by atoms with Crippen molar-refractivity contribution in [1.29, 1.82) is 0 Å². The molecule has 0 spiro atoms. The summed E-state index contributed by atoms with van der Waals surface area (Å²) < 4.78 is 7.36. The van der Waals surface area contributed by atoms with E-state index in [9.17, 15) is 20.3 Å². The summed E-state index contributed by atoms with van der Waals surface area (Å²) >= 11 is 0. The van der Waals surface area contributed by atoms with Gasteiger partial charge in [-0.2, -0.15) is 0 Å². The smallest absolute Gasteiger partial charge is 0.288 e. The standard InChI is InChI=1S/C17H18N6O5/c18-15-12-16(20-8-19-15)22(9-21-12)17(6-10-4-2-1-3-5-10)14(23(26)27)13(25)11(7-24)28-17/h1-5,8-9,11,13-14,24-25H,6-7H2,(H2,18,19,20)/t11-,13-,14-,17-/m1/s1. The van der Waals surface area contributed by atoms with E-state index < -0.39 is 35.5 Å². The quantitative estimate of drug-likeness (QED) is 0.395. The van der Waals surface area contributed by atoms with E-state index in [1.807, 2.05) is 6.07 Å². The molecule has 0 aliphatic carbocycles. The van der Waals surface area contributed by atoms with Gasteiger partial charge in [0.1, 0.15) is 17.9 Å². The Morgan fingerprint density at radius 3 is 2.71 bits per heavy atom. The maximum atomic E-state index is 12.0. The highest BCUT2D eigenvalue weighted by Crippen LogP contribution is 2.41. The van der Waals surface area contributed by atoms with Gasteiger partial charge in [-0.15, -0.1) is 0 Å². The SMILES string of the molecule is Nc1ncnc2c1ncn2[C@]1(Cc2ccccc2)O[C@H](CO)[C@@H](O)[C@H]1[N+](=O)[O-]. The van der Waals surface area contributed by atoms with E-state index in [1.54, 1.807) is 24.3 Å². The van der Waals surface area contributed by atoms with Crippen molar-refractivity contribution in [2.24, 2.45) is 0 Å². The molecule has 1 fully saturated rings. The monoisotopic (exact) mass is 386 g/mol. The Kier molecular flexibility index (Phi) is 4.41. The van der Waals surface area contributed by atoms with Crippen molar-refractivity contribution < 1.29 is 19.9 Å². The normalized spacial score (nSPS) is 27.3. The number of imidazole rings is 1. The molecular weight excluding hydrogens is 368 g/mol. The number of hydrogen-bond donors (Lipinski definition) is 3. The van der Waals surface area contributed by atoms with Crippen LogP contribution in [0.2, 0.25) is 0 Å². The summed E-state index contributed by atoms with van der Waals surface area (Å²) in [5, 5.41) is 32.1. The number of nitro groups is 1. The molecule has 4 atom stereocenters. The number of nitrogens with zero attached hydrogens (tertiary/aromatic N) is 5. The topological polar surface area (TPSA) is 162 Å². The fourth-order valence-electron chi connectivity index (χ4n) is 3.76. The number of aliphatic hydroxyl groups excluding tert-OH is 2. The first-order valence-electron chi connectivity index (χ1n) is 8.56. The van der Waals surface area contributed by atoms with Gasteiger partial charge in [-0.1, -0.05) is 30.3 Å². The zero-order valence-electron chi connectivity index (χ0n) is 14.6. The molecule has 3 heterocycles. The second kappa shape index (κ2) is 6.78. The number of nitrogens with two attached hydrogens (primary N) is 1. The van der Waals surface area contributed by atoms with Gasteiger partial charge in [0.25, 0.3) is 6.04 Å². The van der Waals surface area contributed by atoms with Crippen LogP contribution in [0.25, 0.3) is 11.2 Å². The zero-order chi connectivity index (χ0) is 19.9. The molecule has 2 aromatic heterocycles. The van der Waals surface area contributed by atoms with Crippen LogP contribution in [0, 0.1) is 10.1 Å². The van der Waals surface area contributed by atoms with Crippen molar-refractivity contribution in [3.05, 3.63) is 58.7 Å². The number of hydrogen-bond acceptors (Lipinski definition) is 9. The number of ether oxygens (including phenoxy) is 1. The first-order chi connectivity index (χ1) is 13.5. The van der Waals surface area contributed by atoms with E-state index in [2.05, 4.69) is 15.0 Å². The van der Waals surface area contributed by atoms with Gasteiger partial charge < -0.3 is 20.7 Å². The van der Waals surface area contributed by atoms with Crippen molar-refractivity contribution in [3.63, 3.8) is 0 Å². The average Bonchev–Trinajstić information content (AvgIpc) is 3.23. The van der Waals surface area contributed by atoms with Crippen molar-refractivity contribution in [3.8, 4) is 0 Å². The molecule has 0 saturated carbocycles. The van der Waals surface area contributed by atoms with Crippen LogP contribution in [0.3, 0.4) is 0 Å². The predicted octanol–water partition coefficient (Wildman–Crippen LogP) is -0.299. The Hall–Kier alpha value is -3.15. The van der Waals surface area contributed by atoms with Crippen molar-refractivity contribution in [2.75, 3.05) is 12.3 Å². The third-order valence-corrected chi connectivity index (χ3v) is 5.00. The van der Waals surface area contributed by atoms with Crippen LogP contribution < -0.4 is 5.73 Å². The Morgan fingerprint density at radius 1 is 1.29 bits per heavy atom. The molecule has 4 N–H and O–H groups in total. The van der Waals surface area contributed by atoms with Gasteiger partial charge in [-0.25, -0.2) is 15.0 Å². The molecule has 28 heavy (non-hydrogen) atoms. The highest BCUT2D eigenvalue weighted by atomic mass is 16.6. The van der Waals surface area contributed by atoms with Crippen LogP contribution in [0.1, 0.15) is 5.56 Å². The molecule has 11 nitrogen and oxygen atoms in total. The number of nitrogen functional groups attached to an aromatic ring is 1. The summed E-state index contributed by atoms with van der Waals surface area (Å²) in [4.78, 5) is 23.6. The first-order valence-corrected chi connectivity index (χ1v) is 8.56. The fraction of sp³-hybridized carbons (Fsp3) is 0.353. The van der Waals surface area contributed by atoms with E-state index >= 15 is 0 Å². The molecule has 0 amide bonds. The summed E-state index contributed by atoms with van der Waals surface area (Å²) in [6.07, 6.45) is -0.0669. The Labute approximate surface area is 158 Å². The lowest BCUT2D eigenvalue weighted by Crippen LogP contribution is -2.51. The number of aromatic nitrogens is 4. The van der Waals surface area contributed by atoms with Crippen molar-refractivity contribution in [1.82, 2.24) is 19.5 Å². The van der Waals surface area contributed by atoms with Crippen LogP contribution in [-0.2, 0) is 16.9 Å². The van der Waals surface area contributed by atoms with Crippen molar-refractivity contribution >= 4 is 17.0 Å². The molecule has 0 unspecified atom stereocenters. The minimum atomic E-state index is -1.67. The molecule has 4 rings (SSSR count). The van der Waals surface area contributed by atoms with Crippen LogP contribution in [0.5, 0.6) is 0 Å². The first kappa shape index (κ1) is 18.2. The molecule has 0 bridgehead atoms. The van der Waals surface area contributed by atoms with E-state index in [-0.39, 0.29) is 23.4 Å². The summed E-state index contributed by atoms with van der Waals surface area (Å²) in [5.41, 5.74) is 5.42. The second-order valence-electron chi connectivity index (χ2n) is 6.61. The maximum absolute atomic E-state index is 12.0. The van der Waals surface area contributed by atoms with Gasteiger partial charge in [0.15, 0.2) is 17.6 Å². The van der Waals surface area contributed by atoms with Gasteiger partial charge in [-0.05, 0) is 5.56 Å². The number of fused-ring (bicyclic) bond motifs is 1. The minimum Gasteiger partial charge on any atom is -0.394 e. The Bertz CT molecular complexity index is 1010. The third-order valence-electron chi connectivity index (χ3n) is 5.00. The van der Waals surface area contributed by atoms with E-state index in [4.69, 9.17) is 10.5 Å². The summed E-state index contributed by atoms with van der Waals surface area (Å²) in [6, 6.07) is 7.43. The van der Waals surface area contributed by atoms with E-state index in [1.165, 1.54) is 17.2 Å². The summed E-state index contributed by atoms with van der Waals surface area (Å²) in [5.74, 6) is 0.119. The van der Waals surface area contributed by atoms with Gasteiger partial charge in [-0.3, -0.25) is 14.7 Å². The van der Waals surface area contributed by atoms with Gasteiger partial charge in [0, 0.05) is 11.3 Å². The number of rotatable bonds is 5. The Morgan fingerprint density at radius 2 is 2.04 bits per heavy atom. The highest BCUT2D eigenvalue weighted by molar-refractivity contribution is 5.81.